The molecular formula is C23H21ClN4O3. The predicted molar refractivity (Wildman–Crippen MR) is 118 cm³/mol. The number of urea groups is 1. The normalized spacial score (nSPS) is 16.0. The van der Waals surface area contributed by atoms with E-state index in [0.717, 1.165) is 11.3 Å². The maximum Gasteiger partial charge on any atom is 0.338 e. The predicted octanol–water partition coefficient (Wildman–Crippen LogP) is 4.38. The van der Waals surface area contributed by atoms with Crippen LogP contribution in [0.4, 0.5) is 4.79 Å². The Labute approximate surface area is 184 Å². The fourth-order valence-corrected chi connectivity index (χ4v) is 3.68. The van der Waals surface area contributed by atoms with Crippen molar-refractivity contribution in [2.45, 2.75) is 19.9 Å². The van der Waals surface area contributed by atoms with Gasteiger partial charge < -0.3 is 15.4 Å². The number of aromatic nitrogens is 2. The van der Waals surface area contributed by atoms with Gasteiger partial charge in [-0.2, -0.15) is 5.10 Å². The lowest BCUT2D eigenvalue weighted by molar-refractivity contribution is -0.139. The van der Waals surface area contributed by atoms with Gasteiger partial charge in [0, 0.05) is 28.0 Å². The van der Waals surface area contributed by atoms with E-state index in [1.807, 2.05) is 48.7 Å². The third-order valence-electron chi connectivity index (χ3n) is 4.96. The highest BCUT2D eigenvalue weighted by Gasteiger charge is 2.35. The van der Waals surface area contributed by atoms with Gasteiger partial charge in [-0.3, -0.25) is 0 Å². The third-order valence-corrected chi connectivity index (χ3v) is 5.21. The van der Waals surface area contributed by atoms with Crippen LogP contribution in [-0.4, -0.2) is 28.4 Å². The van der Waals surface area contributed by atoms with Crippen LogP contribution in [0.3, 0.4) is 0 Å². The molecule has 2 N–H and O–H groups in total. The molecule has 2 aromatic carbocycles. The lowest BCUT2D eigenvalue weighted by Crippen LogP contribution is -2.45. The standard InChI is InChI=1S/C23H21ClN4O3/c1-3-31-22(29)19-14(2)25-23(30)26-21(19)18-13-28(17-7-5-4-6-8-17)27-20(18)15-9-11-16(24)12-10-15/h4-13,21H,3H2,1-2H3,(H2,25,26,30)/t21-/m1/s1. The van der Waals surface area contributed by atoms with Gasteiger partial charge in [0.05, 0.1) is 29.6 Å². The van der Waals surface area contributed by atoms with E-state index in [0.29, 0.717) is 27.6 Å². The van der Waals surface area contributed by atoms with E-state index in [1.54, 1.807) is 30.7 Å². The number of allylic oxidation sites excluding steroid dienone is 1. The number of ether oxygens (including phenoxy) is 1. The summed E-state index contributed by atoms with van der Waals surface area (Å²) < 4.78 is 6.99. The lowest BCUT2D eigenvalue weighted by Gasteiger charge is -2.27. The minimum Gasteiger partial charge on any atom is -0.463 e. The molecule has 0 saturated heterocycles. The van der Waals surface area contributed by atoms with Crippen molar-refractivity contribution in [2.24, 2.45) is 0 Å². The van der Waals surface area contributed by atoms with Gasteiger partial charge in [0.15, 0.2) is 0 Å². The number of hydrogen-bond donors (Lipinski definition) is 2. The number of rotatable bonds is 5. The number of carbonyl (C=O) groups excluding carboxylic acids is 2. The second-order valence-electron chi connectivity index (χ2n) is 7.01. The number of benzene rings is 2. The Morgan fingerprint density at radius 3 is 2.55 bits per heavy atom. The van der Waals surface area contributed by atoms with Gasteiger partial charge in [0.25, 0.3) is 0 Å². The summed E-state index contributed by atoms with van der Waals surface area (Å²) in [6.45, 7) is 3.65. The van der Waals surface area contributed by atoms with Crippen LogP contribution in [0.25, 0.3) is 16.9 Å². The van der Waals surface area contributed by atoms with E-state index in [2.05, 4.69) is 10.6 Å². The largest absolute Gasteiger partial charge is 0.463 e. The number of hydrogen-bond acceptors (Lipinski definition) is 4. The molecule has 1 aliphatic rings. The molecule has 8 heteroatoms. The van der Waals surface area contributed by atoms with Crippen LogP contribution in [0.5, 0.6) is 0 Å². The first kappa shape index (κ1) is 20.7. The number of halogens is 1. The molecule has 158 valence electrons. The van der Waals surface area contributed by atoms with E-state index in [4.69, 9.17) is 21.4 Å². The van der Waals surface area contributed by atoms with Gasteiger partial charge in [0.1, 0.15) is 0 Å². The van der Waals surface area contributed by atoms with Gasteiger partial charge >= 0.3 is 12.0 Å². The zero-order chi connectivity index (χ0) is 22.0. The number of nitrogens with zero attached hydrogens (tertiary/aromatic N) is 2. The summed E-state index contributed by atoms with van der Waals surface area (Å²) in [7, 11) is 0. The quantitative estimate of drug-likeness (QED) is 0.581. The molecule has 7 nitrogen and oxygen atoms in total. The van der Waals surface area contributed by atoms with E-state index in [1.165, 1.54) is 0 Å². The number of esters is 1. The molecule has 3 aromatic rings. The van der Waals surface area contributed by atoms with Crippen molar-refractivity contribution in [3.8, 4) is 16.9 Å². The molecule has 0 fully saturated rings. The monoisotopic (exact) mass is 436 g/mol. The average molecular weight is 437 g/mol. The summed E-state index contributed by atoms with van der Waals surface area (Å²) >= 11 is 6.07. The number of amides is 2. The fourth-order valence-electron chi connectivity index (χ4n) is 3.55. The molecule has 0 unspecified atom stereocenters. The van der Waals surface area contributed by atoms with Crippen molar-refractivity contribution in [2.75, 3.05) is 6.61 Å². The molecule has 0 aliphatic carbocycles. The molecule has 1 aromatic heterocycles. The zero-order valence-electron chi connectivity index (χ0n) is 17.1. The third kappa shape index (κ3) is 4.18. The highest BCUT2D eigenvalue weighted by atomic mass is 35.5. The molecule has 0 bridgehead atoms. The van der Waals surface area contributed by atoms with Crippen LogP contribution in [0.1, 0.15) is 25.5 Å². The molecule has 31 heavy (non-hydrogen) atoms. The maximum atomic E-state index is 12.8. The van der Waals surface area contributed by atoms with Crippen LogP contribution in [-0.2, 0) is 9.53 Å². The Morgan fingerprint density at radius 2 is 1.87 bits per heavy atom. The highest BCUT2D eigenvalue weighted by Crippen LogP contribution is 2.35. The summed E-state index contributed by atoms with van der Waals surface area (Å²) in [4.78, 5) is 25.1. The number of carbonyl (C=O) groups is 2. The van der Waals surface area contributed by atoms with E-state index in [-0.39, 0.29) is 6.61 Å². The van der Waals surface area contributed by atoms with Gasteiger partial charge in [-0.15, -0.1) is 0 Å². The van der Waals surface area contributed by atoms with Crippen LogP contribution in [0, 0.1) is 0 Å². The second-order valence-corrected chi connectivity index (χ2v) is 7.45. The Kier molecular flexibility index (Phi) is 5.77. The summed E-state index contributed by atoms with van der Waals surface area (Å²) in [5.74, 6) is -0.494. The summed E-state index contributed by atoms with van der Waals surface area (Å²) in [6.07, 6.45) is 1.82. The number of para-hydroxylation sites is 1. The Bertz CT molecular complexity index is 1150. The minimum atomic E-state index is -0.726. The molecule has 4 rings (SSSR count). The molecule has 1 aliphatic heterocycles. The molecule has 0 radical (unpaired) electrons. The van der Waals surface area contributed by atoms with Crippen molar-refractivity contribution < 1.29 is 14.3 Å². The van der Waals surface area contributed by atoms with Crippen molar-refractivity contribution in [1.82, 2.24) is 20.4 Å². The maximum absolute atomic E-state index is 12.8. The SMILES string of the molecule is CCOC(=O)C1=C(C)NC(=O)N[C@@H]1c1cn(-c2ccccc2)nc1-c1ccc(Cl)cc1. The molecular weight excluding hydrogens is 416 g/mol. The van der Waals surface area contributed by atoms with E-state index >= 15 is 0 Å². The summed E-state index contributed by atoms with van der Waals surface area (Å²) in [5, 5.41) is 10.9. The van der Waals surface area contributed by atoms with Gasteiger partial charge in [-0.25, -0.2) is 14.3 Å². The van der Waals surface area contributed by atoms with Crippen LogP contribution < -0.4 is 10.6 Å². The van der Waals surface area contributed by atoms with E-state index < -0.39 is 18.0 Å². The van der Waals surface area contributed by atoms with Crippen molar-refractivity contribution >= 4 is 23.6 Å². The van der Waals surface area contributed by atoms with E-state index in [9.17, 15) is 9.59 Å². The van der Waals surface area contributed by atoms with Gasteiger partial charge in [-0.05, 0) is 38.1 Å². The second kappa shape index (κ2) is 8.65. The van der Waals surface area contributed by atoms with Crippen LogP contribution in [0.15, 0.2) is 72.1 Å². The first-order valence-electron chi connectivity index (χ1n) is 9.84. The molecule has 0 saturated carbocycles. The first-order valence-corrected chi connectivity index (χ1v) is 10.2. The summed E-state index contributed by atoms with van der Waals surface area (Å²) in [6, 6.07) is 15.7. The van der Waals surface area contributed by atoms with Gasteiger partial charge in [-0.1, -0.05) is 41.9 Å². The van der Waals surface area contributed by atoms with Gasteiger partial charge in [0.2, 0.25) is 0 Å². The molecule has 2 amide bonds. The molecule has 2 heterocycles. The zero-order valence-corrected chi connectivity index (χ0v) is 17.8. The summed E-state index contributed by atoms with van der Waals surface area (Å²) in [5.41, 5.74) is 3.74. The van der Waals surface area contributed by atoms with Crippen LogP contribution >= 0.6 is 11.6 Å². The van der Waals surface area contributed by atoms with Crippen molar-refractivity contribution in [3.63, 3.8) is 0 Å². The first-order chi connectivity index (χ1) is 15.0. The Morgan fingerprint density at radius 1 is 1.16 bits per heavy atom. The van der Waals surface area contributed by atoms with Crippen molar-refractivity contribution in [3.05, 3.63) is 82.7 Å². The molecule has 1 atom stereocenters. The highest BCUT2D eigenvalue weighted by molar-refractivity contribution is 6.30. The average Bonchev–Trinajstić information content (AvgIpc) is 3.20. The fraction of sp³-hybridized carbons (Fsp3) is 0.174. The minimum absolute atomic E-state index is 0.226. The Balaban J connectivity index is 1.90. The van der Waals surface area contributed by atoms with Crippen molar-refractivity contribution in [1.29, 1.82) is 0 Å². The van der Waals surface area contributed by atoms with Crippen LogP contribution in [0.2, 0.25) is 5.02 Å². The topological polar surface area (TPSA) is 85.2 Å². The number of nitrogens with one attached hydrogen (secondary N) is 2. The smallest absolute Gasteiger partial charge is 0.338 e. The Hall–Kier alpha value is -3.58. The molecule has 0 spiro atoms. The lowest BCUT2D eigenvalue weighted by atomic mass is 9.94.